The average Bonchev–Trinajstić information content (AvgIpc) is 2.88. The van der Waals surface area contributed by atoms with Crippen molar-refractivity contribution in [1.29, 1.82) is 0 Å². The van der Waals surface area contributed by atoms with Gasteiger partial charge in [0.15, 0.2) is 0 Å². The van der Waals surface area contributed by atoms with Crippen molar-refractivity contribution < 1.29 is 4.92 Å². The number of nitro benzene ring substituents is 1. The van der Waals surface area contributed by atoms with E-state index in [2.05, 4.69) is 37.3 Å². The topological polar surface area (TPSA) is 55.5 Å². The second-order valence-corrected chi connectivity index (χ2v) is 7.80. The Morgan fingerprint density at radius 1 is 1.00 bits per heavy atom. The van der Waals surface area contributed by atoms with Gasteiger partial charge in [-0.15, -0.1) is 11.8 Å². The largest absolute Gasteiger partial charge is 0.269 e. The summed E-state index contributed by atoms with van der Waals surface area (Å²) in [6.07, 6.45) is 0.764. The van der Waals surface area contributed by atoms with Crippen molar-refractivity contribution in [2.24, 2.45) is 4.99 Å². The van der Waals surface area contributed by atoms with Crippen LogP contribution in [-0.4, -0.2) is 10.6 Å². The Kier molecular flexibility index (Phi) is 4.77. The van der Waals surface area contributed by atoms with E-state index in [1.807, 2.05) is 30.0 Å². The number of non-ortho nitro benzene ring substituents is 1. The fraction of sp³-hybridized carbons (Fsp3) is 0.136. The van der Waals surface area contributed by atoms with Gasteiger partial charge in [0.05, 0.1) is 10.6 Å². The molecule has 0 aromatic heterocycles. The van der Waals surface area contributed by atoms with Gasteiger partial charge in [-0.05, 0) is 42.3 Å². The van der Waals surface area contributed by atoms with Gasteiger partial charge in [0.25, 0.3) is 5.69 Å². The van der Waals surface area contributed by atoms with Crippen LogP contribution in [0.25, 0.3) is 0 Å². The lowest BCUT2D eigenvalue weighted by Gasteiger charge is -2.16. The molecular formula is C22H18N2O2S. The van der Waals surface area contributed by atoms with Gasteiger partial charge in [-0.3, -0.25) is 15.1 Å². The van der Waals surface area contributed by atoms with E-state index in [-0.39, 0.29) is 15.9 Å². The number of nitrogens with zero attached hydrogens (tertiary/aromatic N) is 2. The summed E-state index contributed by atoms with van der Waals surface area (Å²) in [6.45, 7) is 2.09. The van der Waals surface area contributed by atoms with Crippen molar-refractivity contribution in [3.63, 3.8) is 0 Å². The Hall–Kier alpha value is -2.92. The van der Waals surface area contributed by atoms with E-state index in [4.69, 9.17) is 4.99 Å². The maximum Gasteiger partial charge on any atom is 0.269 e. The number of nitro groups is 1. The van der Waals surface area contributed by atoms with Gasteiger partial charge in [-0.25, -0.2) is 0 Å². The highest BCUT2D eigenvalue weighted by Gasteiger charge is 2.22. The summed E-state index contributed by atoms with van der Waals surface area (Å²) in [4.78, 5) is 16.6. The molecule has 0 radical (unpaired) electrons. The molecular weight excluding hydrogens is 356 g/mol. The number of rotatable bonds is 3. The van der Waals surface area contributed by atoms with Gasteiger partial charge in [-0.2, -0.15) is 0 Å². The predicted molar refractivity (Wildman–Crippen MR) is 110 cm³/mol. The van der Waals surface area contributed by atoms with Crippen molar-refractivity contribution in [1.82, 2.24) is 0 Å². The Balaban J connectivity index is 1.76. The molecule has 4 nitrogen and oxygen atoms in total. The van der Waals surface area contributed by atoms with E-state index >= 15 is 0 Å². The molecule has 0 saturated heterocycles. The van der Waals surface area contributed by atoms with Crippen LogP contribution in [0.3, 0.4) is 0 Å². The second kappa shape index (κ2) is 7.37. The van der Waals surface area contributed by atoms with E-state index in [1.165, 1.54) is 11.1 Å². The standard InChI is InChI=1S/C22H18N2O2S/c1-15-6-8-17(9-7-15)22-14-20(16-10-12-18(13-11-16)24(25)26)23-19-4-2-3-5-21(19)27-22/h2-13,22H,14H2,1H3/t22-/m1/s1. The van der Waals surface area contributed by atoms with Crippen LogP contribution in [-0.2, 0) is 0 Å². The molecule has 0 spiro atoms. The third-order valence-corrected chi connectivity index (χ3v) is 5.95. The van der Waals surface area contributed by atoms with Gasteiger partial charge in [0.1, 0.15) is 0 Å². The van der Waals surface area contributed by atoms with Gasteiger partial charge in [-0.1, -0.05) is 42.0 Å². The zero-order valence-corrected chi connectivity index (χ0v) is 15.6. The minimum absolute atomic E-state index is 0.0952. The third kappa shape index (κ3) is 3.78. The fourth-order valence-electron chi connectivity index (χ4n) is 3.14. The first-order chi connectivity index (χ1) is 13.1. The number of aliphatic imine (C=N–C) groups is 1. The smallest absolute Gasteiger partial charge is 0.258 e. The molecule has 0 fully saturated rings. The molecule has 1 aliphatic rings. The molecule has 4 rings (SSSR count). The zero-order valence-electron chi connectivity index (χ0n) is 14.8. The SMILES string of the molecule is Cc1ccc([C@H]2CC(c3ccc([N+](=O)[O-])cc3)=Nc3ccccc3S2)cc1. The Labute approximate surface area is 162 Å². The van der Waals surface area contributed by atoms with Crippen molar-refractivity contribution in [3.05, 3.63) is 99.6 Å². The van der Waals surface area contributed by atoms with Gasteiger partial charge >= 0.3 is 0 Å². The summed E-state index contributed by atoms with van der Waals surface area (Å²) in [5, 5.41) is 11.2. The Bertz CT molecular complexity index is 1010. The fourth-order valence-corrected chi connectivity index (χ4v) is 4.37. The predicted octanol–water partition coefficient (Wildman–Crippen LogP) is 6.26. The lowest BCUT2D eigenvalue weighted by Crippen LogP contribution is -2.05. The summed E-state index contributed by atoms with van der Waals surface area (Å²) < 4.78 is 0. The highest BCUT2D eigenvalue weighted by molar-refractivity contribution is 7.99. The maximum atomic E-state index is 10.9. The molecule has 0 unspecified atom stereocenters. The number of para-hydroxylation sites is 1. The molecule has 134 valence electrons. The molecule has 27 heavy (non-hydrogen) atoms. The van der Waals surface area contributed by atoms with E-state index < -0.39 is 0 Å². The molecule has 1 heterocycles. The highest BCUT2D eigenvalue weighted by atomic mass is 32.2. The number of fused-ring (bicyclic) bond motifs is 1. The summed E-state index contributed by atoms with van der Waals surface area (Å²) >= 11 is 1.82. The molecule has 0 bridgehead atoms. The van der Waals surface area contributed by atoms with Crippen molar-refractivity contribution in [3.8, 4) is 0 Å². The van der Waals surface area contributed by atoms with Gasteiger partial charge < -0.3 is 0 Å². The average molecular weight is 374 g/mol. The Morgan fingerprint density at radius 2 is 1.70 bits per heavy atom. The quantitative estimate of drug-likeness (QED) is 0.401. The lowest BCUT2D eigenvalue weighted by atomic mass is 10.0. The number of aryl methyl sites for hydroxylation is 1. The molecule has 0 amide bonds. The normalized spacial score (nSPS) is 16.2. The van der Waals surface area contributed by atoms with Crippen LogP contribution in [0.4, 0.5) is 11.4 Å². The van der Waals surface area contributed by atoms with Crippen LogP contribution < -0.4 is 0 Å². The molecule has 0 aliphatic carbocycles. The third-order valence-electron chi connectivity index (χ3n) is 4.63. The van der Waals surface area contributed by atoms with E-state index in [9.17, 15) is 10.1 Å². The minimum Gasteiger partial charge on any atom is -0.258 e. The van der Waals surface area contributed by atoms with E-state index in [0.29, 0.717) is 0 Å². The molecule has 3 aromatic carbocycles. The molecule has 1 atom stereocenters. The summed E-state index contributed by atoms with van der Waals surface area (Å²) in [6, 6.07) is 23.4. The van der Waals surface area contributed by atoms with Gasteiger partial charge in [0.2, 0.25) is 0 Å². The van der Waals surface area contributed by atoms with E-state index in [1.54, 1.807) is 24.3 Å². The van der Waals surface area contributed by atoms with Gasteiger partial charge in [0, 0.05) is 34.4 Å². The van der Waals surface area contributed by atoms with Crippen molar-refractivity contribution in [2.45, 2.75) is 23.5 Å². The second-order valence-electron chi connectivity index (χ2n) is 6.55. The first kappa shape index (κ1) is 17.5. The first-order valence-electron chi connectivity index (χ1n) is 8.75. The summed E-state index contributed by atoms with van der Waals surface area (Å²) in [5.74, 6) is 0. The number of thioether (sulfide) groups is 1. The summed E-state index contributed by atoms with van der Waals surface area (Å²) in [7, 11) is 0. The van der Waals surface area contributed by atoms with Crippen LogP contribution in [0.5, 0.6) is 0 Å². The molecule has 3 aromatic rings. The molecule has 0 N–H and O–H groups in total. The first-order valence-corrected chi connectivity index (χ1v) is 9.63. The maximum absolute atomic E-state index is 10.9. The monoisotopic (exact) mass is 374 g/mol. The summed E-state index contributed by atoms with van der Waals surface area (Å²) in [5.41, 5.74) is 5.42. The molecule has 0 saturated carbocycles. The Morgan fingerprint density at radius 3 is 2.41 bits per heavy atom. The number of hydrogen-bond donors (Lipinski definition) is 0. The van der Waals surface area contributed by atoms with Crippen LogP contribution >= 0.6 is 11.8 Å². The van der Waals surface area contributed by atoms with Crippen LogP contribution in [0.2, 0.25) is 0 Å². The van der Waals surface area contributed by atoms with Crippen molar-refractivity contribution in [2.75, 3.05) is 0 Å². The van der Waals surface area contributed by atoms with Crippen molar-refractivity contribution >= 4 is 28.8 Å². The lowest BCUT2D eigenvalue weighted by molar-refractivity contribution is -0.384. The highest BCUT2D eigenvalue weighted by Crippen LogP contribution is 2.45. The van der Waals surface area contributed by atoms with E-state index in [0.717, 1.165) is 28.3 Å². The number of hydrogen-bond acceptors (Lipinski definition) is 4. The van der Waals surface area contributed by atoms with Crippen LogP contribution in [0.1, 0.15) is 28.4 Å². The minimum atomic E-state index is -0.376. The zero-order chi connectivity index (χ0) is 18.8. The molecule has 5 heteroatoms. The number of benzene rings is 3. The van der Waals surface area contributed by atoms with Crippen LogP contribution in [0, 0.1) is 17.0 Å². The van der Waals surface area contributed by atoms with Crippen LogP contribution in [0.15, 0.2) is 82.7 Å². The molecule has 1 aliphatic heterocycles.